The van der Waals surface area contributed by atoms with Gasteiger partial charge in [-0.15, -0.1) is 0 Å². The van der Waals surface area contributed by atoms with Gasteiger partial charge < -0.3 is 0 Å². The summed E-state index contributed by atoms with van der Waals surface area (Å²) >= 11 is 0. The molecular weight excluding hydrogens is 236 g/mol. The highest BCUT2D eigenvalue weighted by Gasteiger charge is 2.38. The van der Waals surface area contributed by atoms with Gasteiger partial charge in [0, 0.05) is 19.5 Å². The Bertz CT molecular complexity index is 403. The fourth-order valence-electron chi connectivity index (χ4n) is 2.66. The fraction of sp³-hybridized carbons (Fsp3) is 0.917. The molecule has 0 aromatic carbocycles. The van der Waals surface area contributed by atoms with Gasteiger partial charge in [0.1, 0.15) is 0 Å². The van der Waals surface area contributed by atoms with Crippen LogP contribution in [0.4, 0.5) is 0 Å². The van der Waals surface area contributed by atoms with Crippen molar-refractivity contribution >= 4 is 10.0 Å². The monoisotopic (exact) mass is 258 g/mol. The average Bonchev–Trinajstić information content (AvgIpc) is 2.59. The van der Waals surface area contributed by atoms with E-state index in [4.69, 9.17) is 5.26 Å². The molecule has 0 aliphatic carbocycles. The van der Waals surface area contributed by atoms with E-state index in [2.05, 4.69) is 26.8 Å². The van der Waals surface area contributed by atoms with Crippen molar-refractivity contribution in [2.45, 2.75) is 33.6 Å². The maximum Gasteiger partial charge on any atom is 0.211 e. The van der Waals surface area contributed by atoms with Crippen LogP contribution in [0.2, 0.25) is 0 Å². The van der Waals surface area contributed by atoms with Gasteiger partial charge in [-0.2, -0.15) is 5.26 Å². The Kier molecular flexibility index (Phi) is 4.21. The second-order valence-electron chi connectivity index (χ2n) is 6.00. The largest absolute Gasteiger partial charge is 0.213 e. The van der Waals surface area contributed by atoms with Crippen molar-refractivity contribution in [2.75, 3.05) is 19.3 Å². The average molecular weight is 258 g/mol. The van der Waals surface area contributed by atoms with Crippen LogP contribution in [0.25, 0.3) is 0 Å². The van der Waals surface area contributed by atoms with Gasteiger partial charge in [0.15, 0.2) is 0 Å². The van der Waals surface area contributed by atoms with Crippen LogP contribution >= 0.6 is 0 Å². The summed E-state index contributed by atoms with van der Waals surface area (Å²) in [5.74, 6) is 0.573. The van der Waals surface area contributed by atoms with Gasteiger partial charge in [-0.05, 0) is 23.7 Å². The Balaban J connectivity index is 2.78. The quantitative estimate of drug-likeness (QED) is 0.776. The van der Waals surface area contributed by atoms with Gasteiger partial charge >= 0.3 is 0 Å². The van der Waals surface area contributed by atoms with E-state index in [-0.39, 0.29) is 11.3 Å². The topological polar surface area (TPSA) is 61.2 Å². The molecule has 2 atom stereocenters. The van der Waals surface area contributed by atoms with Crippen molar-refractivity contribution < 1.29 is 8.42 Å². The summed E-state index contributed by atoms with van der Waals surface area (Å²) in [6.07, 6.45) is 2.63. The summed E-state index contributed by atoms with van der Waals surface area (Å²) in [6, 6.07) is 2.24. The van der Waals surface area contributed by atoms with E-state index < -0.39 is 10.0 Å². The summed E-state index contributed by atoms with van der Waals surface area (Å²) in [4.78, 5) is 0. The first-order valence-electron chi connectivity index (χ1n) is 5.98. The Labute approximate surface area is 105 Å². The van der Waals surface area contributed by atoms with Gasteiger partial charge in [0.25, 0.3) is 0 Å². The molecule has 17 heavy (non-hydrogen) atoms. The van der Waals surface area contributed by atoms with Crippen LogP contribution in [0.5, 0.6) is 0 Å². The minimum absolute atomic E-state index is 0.0495. The molecule has 5 heteroatoms. The highest BCUT2D eigenvalue weighted by atomic mass is 32.2. The number of hydrogen-bond donors (Lipinski definition) is 0. The normalized spacial score (nSPS) is 24.5. The maximum atomic E-state index is 11.5. The third kappa shape index (κ3) is 3.68. The lowest BCUT2D eigenvalue weighted by Crippen LogP contribution is -2.32. The lowest BCUT2D eigenvalue weighted by molar-refractivity contribution is 0.167. The number of sulfonamides is 1. The smallest absolute Gasteiger partial charge is 0.211 e. The highest BCUT2D eigenvalue weighted by Crippen LogP contribution is 2.39. The third-order valence-corrected chi connectivity index (χ3v) is 4.92. The van der Waals surface area contributed by atoms with E-state index in [0.29, 0.717) is 25.4 Å². The van der Waals surface area contributed by atoms with E-state index >= 15 is 0 Å². The van der Waals surface area contributed by atoms with Crippen LogP contribution in [0.15, 0.2) is 0 Å². The predicted molar refractivity (Wildman–Crippen MR) is 67.7 cm³/mol. The molecule has 0 aromatic heterocycles. The molecule has 1 aliphatic heterocycles. The lowest BCUT2D eigenvalue weighted by atomic mass is 9.71. The molecule has 1 saturated heterocycles. The van der Waals surface area contributed by atoms with Crippen molar-refractivity contribution in [3.05, 3.63) is 0 Å². The van der Waals surface area contributed by atoms with Crippen LogP contribution in [0.1, 0.15) is 33.6 Å². The molecule has 1 rings (SSSR count). The van der Waals surface area contributed by atoms with Crippen LogP contribution in [-0.4, -0.2) is 32.1 Å². The molecule has 0 saturated carbocycles. The van der Waals surface area contributed by atoms with Crippen molar-refractivity contribution in [2.24, 2.45) is 17.3 Å². The lowest BCUT2D eigenvalue weighted by Gasteiger charge is -2.33. The first-order chi connectivity index (χ1) is 7.66. The molecule has 0 aromatic rings. The standard InChI is InChI=1S/C12H22N2O2S/c1-12(2,3)11(5-7-13)10-6-8-14(9-10)17(4,15)16/h10-11H,5-6,8-9H2,1-4H3. The minimum atomic E-state index is -3.08. The second-order valence-corrected chi connectivity index (χ2v) is 7.99. The van der Waals surface area contributed by atoms with Crippen molar-refractivity contribution in [1.29, 1.82) is 5.26 Å². The van der Waals surface area contributed by atoms with E-state index in [9.17, 15) is 8.42 Å². The van der Waals surface area contributed by atoms with E-state index in [1.165, 1.54) is 10.6 Å². The number of hydrogen-bond acceptors (Lipinski definition) is 3. The molecule has 98 valence electrons. The molecule has 4 nitrogen and oxygen atoms in total. The summed E-state index contributed by atoms with van der Waals surface area (Å²) in [5.41, 5.74) is 0.0495. The van der Waals surface area contributed by atoms with Crippen LogP contribution in [0.3, 0.4) is 0 Å². The molecule has 0 spiro atoms. The minimum Gasteiger partial charge on any atom is -0.213 e. The molecule has 2 unspecified atom stereocenters. The van der Waals surface area contributed by atoms with Gasteiger partial charge in [-0.3, -0.25) is 0 Å². The fourth-order valence-corrected chi connectivity index (χ4v) is 3.56. The zero-order valence-corrected chi connectivity index (χ0v) is 11.9. The van der Waals surface area contributed by atoms with Crippen LogP contribution < -0.4 is 0 Å². The van der Waals surface area contributed by atoms with Gasteiger partial charge in [0.05, 0.1) is 12.3 Å². The zero-order valence-electron chi connectivity index (χ0n) is 11.1. The zero-order chi connectivity index (χ0) is 13.3. The Morgan fingerprint density at radius 2 is 2.06 bits per heavy atom. The van der Waals surface area contributed by atoms with Crippen molar-refractivity contribution in [1.82, 2.24) is 4.31 Å². The second kappa shape index (κ2) is 4.95. The van der Waals surface area contributed by atoms with Gasteiger partial charge in [-0.1, -0.05) is 20.8 Å². The van der Waals surface area contributed by atoms with E-state index in [1.54, 1.807) is 0 Å². The summed E-state index contributed by atoms with van der Waals surface area (Å²) in [6.45, 7) is 7.54. The summed E-state index contributed by atoms with van der Waals surface area (Å²) < 4.78 is 24.5. The third-order valence-electron chi connectivity index (χ3n) is 3.65. The number of nitrogens with zero attached hydrogens (tertiary/aromatic N) is 2. The van der Waals surface area contributed by atoms with Crippen LogP contribution in [0, 0.1) is 28.6 Å². The van der Waals surface area contributed by atoms with Crippen LogP contribution in [-0.2, 0) is 10.0 Å². The molecule has 0 amide bonds. The van der Waals surface area contributed by atoms with E-state index in [0.717, 1.165) is 6.42 Å². The predicted octanol–water partition coefficient (Wildman–Crippen LogP) is 1.84. The Morgan fingerprint density at radius 3 is 2.41 bits per heavy atom. The number of nitriles is 1. The molecular formula is C12H22N2O2S. The first kappa shape index (κ1) is 14.5. The Hall–Kier alpha value is -0.600. The maximum absolute atomic E-state index is 11.5. The first-order valence-corrected chi connectivity index (χ1v) is 7.83. The van der Waals surface area contributed by atoms with Gasteiger partial charge in [-0.25, -0.2) is 12.7 Å². The van der Waals surface area contributed by atoms with E-state index in [1.807, 2.05) is 0 Å². The molecule has 0 N–H and O–H groups in total. The molecule has 0 radical (unpaired) electrons. The molecule has 1 fully saturated rings. The SMILES string of the molecule is CC(C)(C)C(CC#N)C1CCN(S(C)(=O)=O)C1. The van der Waals surface area contributed by atoms with Crippen molar-refractivity contribution in [3.8, 4) is 6.07 Å². The number of rotatable bonds is 3. The highest BCUT2D eigenvalue weighted by molar-refractivity contribution is 7.88. The molecule has 0 bridgehead atoms. The summed E-state index contributed by atoms with van der Waals surface area (Å²) in [5, 5.41) is 8.90. The van der Waals surface area contributed by atoms with Crippen molar-refractivity contribution in [3.63, 3.8) is 0 Å². The molecule has 1 aliphatic rings. The Morgan fingerprint density at radius 1 is 1.47 bits per heavy atom. The summed E-state index contributed by atoms with van der Waals surface area (Å²) in [7, 11) is -3.08. The molecule has 1 heterocycles. The van der Waals surface area contributed by atoms with Gasteiger partial charge in [0.2, 0.25) is 10.0 Å².